The maximum Gasteiger partial charge on any atom is 0.274 e. The highest BCUT2D eigenvalue weighted by molar-refractivity contribution is 5.92. The second-order valence-corrected chi connectivity index (χ2v) is 7.99. The maximum absolute atomic E-state index is 12.8. The van der Waals surface area contributed by atoms with E-state index in [0.29, 0.717) is 31.2 Å². The van der Waals surface area contributed by atoms with Crippen LogP contribution in [0.15, 0.2) is 16.7 Å². The number of methoxy groups -OCH3 is 1. The molecular formula is C19H29N5O3. The van der Waals surface area contributed by atoms with Gasteiger partial charge in [0, 0.05) is 44.7 Å². The molecule has 3 heterocycles. The molecule has 1 aliphatic rings. The van der Waals surface area contributed by atoms with Gasteiger partial charge in [-0.2, -0.15) is 5.10 Å². The quantitative estimate of drug-likeness (QED) is 0.814. The first-order valence-electron chi connectivity index (χ1n) is 9.33. The monoisotopic (exact) mass is 375 g/mol. The molecule has 2 aromatic heterocycles. The molecular weight excluding hydrogens is 346 g/mol. The fraction of sp³-hybridized carbons (Fsp3) is 0.632. The predicted molar refractivity (Wildman–Crippen MR) is 101 cm³/mol. The first-order chi connectivity index (χ1) is 12.8. The van der Waals surface area contributed by atoms with Crippen LogP contribution in [0, 0.1) is 0 Å². The zero-order valence-corrected chi connectivity index (χ0v) is 16.9. The average molecular weight is 375 g/mol. The predicted octanol–water partition coefficient (Wildman–Crippen LogP) is 2.06. The summed E-state index contributed by atoms with van der Waals surface area (Å²) in [6, 6.07) is 1.69. The van der Waals surface area contributed by atoms with Crippen molar-refractivity contribution in [3.05, 3.63) is 29.6 Å². The number of ether oxygens (including phenoxy) is 1. The Balaban J connectivity index is 1.60. The summed E-state index contributed by atoms with van der Waals surface area (Å²) in [7, 11) is 3.34. The standard InChI is InChI=1S/C19H29N5O3/c1-19(2,3)15-12-20-16(27-15)13-23-7-6-8-24(10-9-23)18(25)14-11-17(26-5)22(4)21-14/h11-12H,6-10,13H2,1-5H3. The van der Waals surface area contributed by atoms with Crippen LogP contribution in [-0.2, 0) is 19.0 Å². The first kappa shape index (κ1) is 19.4. The van der Waals surface area contributed by atoms with E-state index in [1.165, 1.54) is 0 Å². The Morgan fingerprint density at radius 3 is 2.67 bits per heavy atom. The minimum Gasteiger partial charge on any atom is -0.481 e. The Bertz CT molecular complexity index is 790. The number of hydrogen-bond acceptors (Lipinski definition) is 6. The van der Waals surface area contributed by atoms with E-state index in [-0.39, 0.29) is 11.3 Å². The van der Waals surface area contributed by atoms with E-state index in [4.69, 9.17) is 9.15 Å². The second-order valence-electron chi connectivity index (χ2n) is 7.99. The third kappa shape index (κ3) is 4.50. The van der Waals surface area contributed by atoms with Gasteiger partial charge in [-0.3, -0.25) is 9.69 Å². The van der Waals surface area contributed by atoms with Gasteiger partial charge in [-0.15, -0.1) is 0 Å². The van der Waals surface area contributed by atoms with Crippen LogP contribution in [0.1, 0.15) is 49.3 Å². The average Bonchev–Trinajstić information content (AvgIpc) is 3.16. The molecule has 0 spiro atoms. The van der Waals surface area contributed by atoms with Gasteiger partial charge in [0.2, 0.25) is 11.8 Å². The van der Waals surface area contributed by atoms with Crippen LogP contribution >= 0.6 is 0 Å². The molecule has 1 amide bonds. The molecule has 0 radical (unpaired) electrons. The van der Waals surface area contributed by atoms with Crippen molar-refractivity contribution in [2.24, 2.45) is 7.05 Å². The smallest absolute Gasteiger partial charge is 0.274 e. The van der Waals surface area contributed by atoms with E-state index >= 15 is 0 Å². The van der Waals surface area contributed by atoms with Crippen molar-refractivity contribution in [1.82, 2.24) is 24.6 Å². The molecule has 3 rings (SSSR count). The van der Waals surface area contributed by atoms with Crippen LogP contribution in [0.2, 0.25) is 0 Å². The van der Waals surface area contributed by atoms with Gasteiger partial charge >= 0.3 is 0 Å². The Morgan fingerprint density at radius 1 is 1.26 bits per heavy atom. The Morgan fingerprint density at radius 2 is 2.04 bits per heavy atom. The van der Waals surface area contributed by atoms with Crippen molar-refractivity contribution in [1.29, 1.82) is 0 Å². The molecule has 1 saturated heterocycles. The van der Waals surface area contributed by atoms with Crippen LogP contribution in [0.4, 0.5) is 0 Å². The number of rotatable bonds is 4. The van der Waals surface area contributed by atoms with E-state index < -0.39 is 0 Å². The summed E-state index contributed by atoms with van der Waals surface area (Å²) < 4.78 is 12.7. The maximum atomic E-state index is 12.8. The number of carbonyl (C=O) groups is 1. The molecule has 8 nitrogen and oxygen atoms in total. The van der Waals surface area contributed by atoms with Crippen molar-refractivity contribution in [2.75, 3.05) is 33.3 Å². The summed E-state index contributed by atoms with van der Waals surface area (Å²) in [5.41, 5.74) is 0.377. The molecule has 1 fully saturated rings. The minimum absolute atomic E-state index is 0.0446. The van der Waals surface area contributed by atoms with Crippen LogP contribution < -0.4 is 4.74 Å². The summed E-state index contributed by atoms with van der Waals surface area (Å²) in [6.07, 6.45) is 2.72. The Hall–Kier alpha value is -2.35. The lowest BCUT2D eigenvalue weighted by molar-refractivity contribution is 0.0754. The number of hydrogen-bond donors (Lipinski definition) is 0. The largest absolute Gasteiger partial charge is 0.481 e. The second kappa shape index (κ2) is 7.72. The van der Waals surface area contributed by atoms with Gasteiger partial charge in [0.15, 0.2) is 5.69 Å². The molecule has 1 aliphatic heterocycles. The molecule has 27 heavy (non-hydrogen) atoms. The van der Waals surface area contributed by atoms with E-state index in [1.54, 1.807) is 24.9 Å². The van der Waals surface area contributed by atoms with Crippen molar-refractivity contribution < 1.29 is 13.9 Å². The van der Waals surface area contributed by atoms with Crippen molar-refractivity contribution >= 4 is 5.91 Å². The van der Waals surface area contributed by atoms with Gasteiger partial charge < -0.3 is 14.1 Å². The third-order valence-corrected chi connectivity index (χ3v) is 4.79. The number of carbonyl (C=O) groups excluding carboxylic acids is 1. The van der Waals surface area contributed by atoms with E-state index in [2.05, 4.69) is 35.8 Å². The summed E-state index contributed by atoms with van der Waals surface area (Å²) in [5.74, 6) is 2.15. The first-order valence-corrected chi connectivity index (χ1v) is 9.33. The van der Waals surface area contributed by atoms with Gasteiger partial charge in [0.05, 0.1) is 19.9 Å². The molecule has 2 aromatic rings. The lowest BCUT2D eigenvalue weighted by atomic mass is 9.94. The lowest BCUT2D eigenvalue weighted by Crippen LogP contribution is -2.35. The topological polar surface area (TPSA) is 76.6 Å². The van der Waals surface area contributed by atoms with Gasteiger partial charge in [-0.25, -0.2) is 9.67 Å². The number of nitrogens with zero attached hydrogens (tertiary/aromatic N) is 5. The van der Waals surface area contributed by atoms with Crippen LogP contribution in [-0.4, -0.2) is 63.8 Å². The number of oxazole rings is 1. The van der Waals surface area contributed by atoms with E-state index in [0.717, 1.165) is 31.2 Å². The SMILES string of the molecule is COc1cc(C(=O)N2CCCN(Cc3ncc(C(C)(C)C)o3)CC2)nn1C. The number of amides is 1. The van der Waals surface area contributed by atoms with E-state index in [9.17, 15) is 4.79 Å². The summed E-state index contributed by atoms with van der Waals surface area (Å²) in [5, 5.41) is 4.26. The van der Waals surface area contributed by atoms with Gasteiger partial charge in [0.25, 0.3) is 5.91 Å². The lowest BCUT2D eigenvalue weighted by Gasteiger charge is -2.20. The third-order valence-electron chi connectivity index (χ3n) is 4.79. The van der Waals surface area contributed by atoms with Crippen molar-refractivity contribution in [3.63, 3.8) is 0 Å². The van der Waals surface area contributed by atoms with E-state index in [1.807, 2.05) is 11.1 Å². The molecule has 0 atom stereocenters. The molecule has 0 saturated carbocycles. The normalized spacial score (nSPS) is 16.4. The number of aromatic nitrogens is 3. The highest BCUT2D eigenvalue weighted by Crippen LogP contribution is 2.23. The van der Waals surface area contributed by atoms with Crippen LogP contribution in [0.25, 0.3) is 0 Å². The Labute approximate surface area is 160 Å². The van der Waals surface area contributed by atoms with Crippen molar-refractivity contribution in [3.8, 4) is 5.88 Å². The molecule has 0 aromatic carbocycles. The zero-order valence-electron chi connectivity index (χ0n) is 16.9. The van der Waals surface area contributed by atoms with Crippen LogP contribution in [0.3, 0.4) is 0 Å². The van der Waals surface area contributed by atoms with Gasteiger partial charge in [-0.05, 0) is 6.42 Å². The summed E-state index contributed by atoms with van der Waals surface area (Å²) >= 11 is 0. The highest BCUT2D eigenvalue weighted by Gasteiger charge is 2.24. The fourth-order valence-electron chi connectivity index (χ4n) is 3.16. The van der Waals surface area contributed by atoms with Gasteiger partial charge in [0.1, 0.15) is 5.76 Å². The minimum atomic E-state index is -0.0538. The fourth-order valence-corrected chi connectivity index (χ4v) is 3.16. The molecule has 8 heteroatoms. The zero-order chi connectivity index (χ0) is 19.6. The number of aryl methyl sites for hydroxylation is 1. The van der Waals surface area contributed by atoms with Gasteiger partial charge in [-0.1, -0.05) is 20.8 Å². The molecule has 0 aliphatic carbocycles. The molecule has 0 unspecified atom stereocenters. The molecule has 148 valence electrons. The molecule has 0 N–H and O–H groups in total. The summed E-state index contributed by atoms with van der Waals surface area (Å²) in [4.78, 5) is 21.3. The Kier molecular flexibility index (Phi) is 5.55. The molecule has 0 bridgehead atoms. The highest BCUT2D eigenvalue weighted by atomic mass is 16.5. The summed E-state index contributed by atoms with van der Waals surface area (Å²) in [6.45, 7) is 10.1. The van der Waals surface area contributed by atoms with Crippen molar-refractivity contribution in [2.45, 2.75) is 39.2 Å². The van der Waals surface area contributed by atoms with Crippen LogP contribution in [0.5, 0.6) is 5.88 Å².